The van der Waals surface area contributed by atoms with E-state index in [9.17, 15) is 4.79 Å². The van der Waals surface area contributed by atoms with E-state index in [-0.39, 0.29) is 5.91 Å². The topological polar surface area (TPSA) is 71.3 Å². The average Bonchev–Trinajstić information content (AvgIpc) is 3.20. The molecule has 0 aliphatic heterocycles. The number of anilines is 1. The van der Waals surface area contributed by atoms with Crippen LogP contribution in [0, 0.1) is 0 Å². The van der Waals surface area contributed by atoms with Crippen LogP contribution in [-0.2, 0) is 6.54 Å². The number of aromatic nitrogens is 3. The molecule has 8 heteroatoms. The van der Waals surface area contributed by atoms with Crippen LogP contribution in [0.25, 0.3) is 16.9 Å². The molecular formula is C21H18ClN5OS. The van der Waals surface area contributed by atoms with E-state index >= 15 is 0 Å². The van der Waals surface area contributed by atoms with Gasteiger partial charge in [0.2, 0.25) is 0 Å². The zero-order valence-corrected chi connectivity index (χ0v) is 17.0. The number of benzene rings is 1. The van der Waals surface area contributed by atoms with Gasteiger partial charge in [-0.1, -0.05) is 23.7 Å². The number of fused-ring (bicyclic) bond motifs is 1. The van der Waals surface area contributed by atoms with Gasteiger partial charge in [0.15, 0.2) is 11.5 Å². The molecule has 5 rings (SSSR count). The average molecular weight is 424 g/mol. The van der Waals surface area contributed by atoms with Gasteiger partial charge in [0.05, 0.1) is 29.0 Å². The number of carbonyl (C=O) groups excluding carboxylic acids is 1. The molecule has 1 saturated carbocycles. The highest BCUT2D eigenvalue weighted by Gasteiger charge is 2.25. The van der Waals surface area contributed by atoms with E-state index in [0.717, 1.165) is 35.6 Å². The fraction of sp³-hybridized carbons (Fsp3) is 0.190. The highest BCUT2D eigenvalue weighted by molar-refractivity contribution is 7.09. The first-order valence-electron chi connectivity index (χ1n) is 9.38. The number of imidazole rings is 1. The maximum absolute atomic E-state index is 12.3. The molecule has 3 aromatic heterocycles. The smallest absolute Gasteiger partial charge is 0.253 e. The molecule has 0 radical (unpaired) electrons. The predicted octanol–water partition coefficient (Wildman–Crippen LogP) is 4.62. The molecule has 6 nitrogen and oxygen atoms in total. The first kappa shape index (κ1) is 18.1. The fourth-order valence-corrected chi connectivity index (χ4v) is 4.10. The molecule has 3 heterocycles. The number of carbonyl (C=O) groups is 1. The van der Waals surface area contributed by atoms with Crippen LogP contribution in [0.4, 0.5) is 5.82 Å². The summed E-state index contributed by atoms with van der Waals surface area (Å²) in [5, 5.41) is 8.81. The van der Waals surface area contributed by atoms with Crippen LogP contribution >= 0.6 is 22.9 Å². The zero-order valence-electron chi connectivity index (χ0n) is 15.4. The van der Waals surface area contributed by atoms with E-state index in [4.69, 9.17) is 11.6 Å². The molecule has 0 spiro atoms. The minimum Gasteiger partial charge on any atom is -0.362 e. The molecule has 0 saturated heterocycles. The van der Waals surface area contributed by atoms with Gasteiger partial charge in [-0.2, -0.15) is 0 Å². The van der Waals surface area contributed by atoms with Crippen molar-refractivity contribution in [2.45, 2.75) is 25.4 Å². The molecule has 0 unspecified atom stereocenters. The Morgan fingerprint density at radius 1 is 1.28 bits per heavy atom. The first-order chi connectivity index (χ1) is 14.2. The monoisotopic (exact) mass is 423 g/mol. The largest absolute Gasteiger partial charge is 0.362 e. The Hall–Kier alpha value is -2.90. The van der Waals surface area contributed by atoms with Crippen molar-refractivity contribution in [1.29, 1.82) is 0 Å². The normalized spacial score (nSPS) is 13.6. The maximum atomic E-state index is 12.3. The second kappa shape index (κ2) is 7.50. The molecule has 2 N–H and O–H groups in total. The lowest BCUT2D eigenvalue weighted by Gasteiger charge is -2.09. The van der Waals surface area contributed by atoms with E-state index in [0.29, 0.717) is 23.2 Å². The van der Waals surface area contributed by atoms with Crippen molar-refractivity contribution < 1.29 is 4.79 Å². The summed E-state index contributed by atoms with van der Waals surface area (Å²) < 4.78 is 1.97. The molecule has 1 aliphatic carbocycles. The number of hydrogen-bond acceptors (Lipinski definition) is 5. The second-order valence-corrected chi connectivity index (χ2v) is 8.43. The molecule has 4 aromatic rings. The van der Waals surface area contributed by atoms with Crippen molar-refractivity contribution in [1.82, 2.24) is 19.7 Å². The van der Waals surface area contributed by atoms with Gasteiger partial charge in [-0.05, 0) is 36.4 Å². The lowest BCUT2D eigenvalue weighted by atomic mass is 10.1. The van der Waals surface area contributed by atoms with Crippen molar-refractivity contribution in [2.75, 3.05) is 5.32 Å². The summed E-state index contributed by atoms with van der Waals surface area (Å²) in [6.45, 7) is 0.698. The van der Waals surface area contributed by atoms with Gasteiger partial charge in [-0.3, -0.25) is 9.20 Å². The number of rotatable bonds is 6. The summed E-state index contributed by atoms with van der Waals surface area (Å²) >= 11 is 8.12. The van der Waals surface area contributed by atoms with Crippen LogP contribution in [0.2, 0.25) is 5.02 Å². The van der Waals surface area contributed by atoms with E-state index in [1.165, 1.54) is 4.88 Å². The van der Waals surface area contributed by atoms with Crippen LogP contribution in [0.1, 0.15) is 28.1 Å². The number of halogens is 1. The Morgan fingerprint density at radius 2 is 2.17 bits per heavy atom. The zero-order chi connectivity index (χ0) is 19.8. The van der Waals surface area contributed by atoms with Crippen molar-refractivity contribution >= 4 is 40.3 Å². The standard InChI is InChI=1S/C21H18ClN5OS/c22-17-10-13(3-6-16(17)21(28)26-14-4-5-14)18-12-25-20-19(23-7-8-27(18)20)24-11-15-2-1-9-29-15/h1-3,6-10,12,14H,4-5,11H2,(H,23,24)(H,26,28). The number of nitrogens with zero attached hydrogens (tertiary/aromatic N) is 3. The number of hydrogen-bond donors (Lipinski definition) is 2. The Bertz CT molecular complexity index is 1180. The van der Waals surface area contributed by atoms with E-state index in [1.807, 2.05) is 28.8 Å². The lowest BCUT2D eigenvalue weighted by Crippen LogP contribution is -2.25. The third kappa shape index (κ3) is 3.71. The third-order valence-electron chi connectivity index (χ3n) is 4.86. The highest BCUT2D eigenvalue weighted by atomic mass is 35.5. The van der Waals surface area contributed by atoms with Crippen molar-refractivity contribution in [3.8, 4) is 11.3 Å². The van der Waals surface area contributed by atoms with Gasteiger partial charge in [0.1, 0.15) is 0 Å². The Morgan fingerprint density at radius 3 is 2.93 bits per heavy atom. The van der Waals surface area contributed by atoms with Gasteiger partial charge in [-0.25, -0.2) is 9.97 Å². The Kier molecular flexibility index (Phi) is 4.69. The SMILES string of the molecule is O=C(NC1CC1)c1ccc(-c2cnc3c(NCc4cccs4)nccn23)cc1Cl. The molecule has 0 atom stereocenters. The second-order valence-electron chi connectivity index (χ2n) is 6.99. The van der Waals surface area contributed by atoms with Gasteiger partial charge in [0, 0.05) is 28.9 Å². The van der Waals surface area contributed by atoms with Crippen LogP contribution in [0.15, 0.2) is 54.3 Å². The summed E-state index contributed by atoms with van der Waals surface area (Å²) in [6.07, 6.45) is 7.49. The molecule has 1 aromatic carbocycles. The summed E-state index contributed by atoms with van der Waals surface area (Å²) in [5.41, 5.74) is 3.01. The highest BCUT2D eigenvalue weighted by Crippen LogP contribution is 2.29. The number of thiophene rings is 1. The summed E-state index contributed by atoms with van der Waals surface area (Å²) in [7, 11) is 0. The molecule has 1 aliphatic rings. The fourth-order valence-electron chi connectivity index (χ4n) is 3.19. The van der Waals surface area contributed by atoms with Gasteiger partial charge in [-0.15, -0.1) is 11.3 Å². The van der Waals surface area contributed by atoms with Crippen molar-refractivity contribution in [2.24, 2.45) is 0 Å². The predicted molar refractivity (Wildman–Crippen MR) is 116 cm³/mol. The molecular weight excluding hydrogens is 406 g/mol. The van der Waals surface area contributed by atoms with E-state index in [2.05, 4.69) is 32.0 Å². The van der Waals surface area contributed by atoms with Crippen LogP contribution < -0.4 is 10.6 Å². The minimum absolute atomic E-state index is 0.119. The molecule has 1 fully saturated rings. The summed E-state index contributed by atoms with van der Waals surface area (Å²) in [4.78, 5) is 22.5. The summed E-state index contributed by atoms with van der Waals surface area (Å²) in [6, 6.07) is 9.89. The molecule has 29 heavy (non-hydrogen) atoms. The number of amides is 1. The number of nitrogens with one attached hydrogen (secondary N) is 2. The molecule has 146 valence electrons. The third-order valence-corrected chi connectivity index (χ3v) is 6.05. The Labute approximate surface area is 176 Å². The quantitative estimate of drug-likeness (QED) is 0.475. The van der Waals surface area contributed by atoms with Gasteiger partial charge < -0.3 is 10.6 Å². The molecule has 0 bridgehead atoms. The van der Waals surface area contributed by atoms with Crippen molar-refractivity contribution in [3.05, 3.63) is 69.8 Å². The van der Waals surface area contributed by atoms with E-state index < -0.39 is 0 Å². The van der Waals surface area contributed by atoms with Crippen LogP contribution in [0.3, 0.4) is 0 Å². The van der Waals surface area contributed by atoms with Crippen LogP contribution in [-0.4, -0.2) is 26.3 Å². The summed E-state index contributed by atoms with van der Waals surface area (Å²) in [5.74, 6) is 0.602. The van der Waals surface area contributed by atoms with Gasteiger partial charge in [0.25, 0.3) is 5.91 Å². The Balaban J connectivity index is 1.43. The maximum Gasteiger partial charge on any atom is 0.253 e. The minimum atomic E-state index is -0.119. The first-order valence-corrected chi connectivity index (χ1v) is 10.6. The van der Waals surface area contributed by atoms with E-state index in [1.54, 1.807) is 29.8 Å². The molecule has 1 amide bonds. The lowest BCUT2D eigenvalue weighted by molar-refractivity contribution is 0.0951. The van der Waals surface area contributed by atoms with Gasteiger partial charge >= 0.3 is 0 Å². The van der Waals surface area contributed by atoms with Crippen LogP contribution in [0.5, 0.6) is 0 Å². The van der Waals surface area contributed by atoms with Crippen molar-refractivity contribution in [3.63, 3.8) is 0 Å².